The molecular formula is C27H32N2O7. The van der Waals surface area contributed by atoms with Crippen LogP contribution in [0.4, 0.5) is 0 Å². The highest BCUT2D eigenvalue weighted by Crippen LogP contribution is 2.27. The van der Waals surface area contributed by atoms with E-state index in [1.165, 1.54) is 0 Å². The topological polar surface area (TPSA) is 134 Å². The standard InChI is InChI=1S/C27H32N2O7/c1-16(2)35-27(32)25(28)22-15-21(11-5-18(22)8-12-24(30)31)34-14-13-23-17(3)36-26(29-23)19-6-9-20(33-4)10-7-19/h5-7,9-11,15-16,25H,8,12-14,28H2,1-4H3,(H,30,31). The molecule has 3 rings (SSSR count). The second-order valence-electron chi connectivity index (χ2n) is 8.57. The molecule has 9 nitrogen and oxygen atoms in total. The van der Waals surface area contributed by atoms with Gasteiger partial charge in [-0.25, -0.2) is 9.78 Å². The fourth-order valence-corrected chi connectivity index (χ4v) is 3.64. The van der Waals surface area contributed by atoms with Crippen molar-refractivity contribution >= 4 is 11.9 Å². The third kappa shape index (κ3) is 7.08. The normalized spacial score (nSPS) is 11.8. The van der Waals surface area contributed by atoms with E-state index in [2.05, 4.69) is 4.98 Å². The van der Waals surface area contributed by atoms with Crippen LogP contribution in [-0.2, 0) is 27.2 Å². The molecule has 0 bridgehead atoms. The van der Waals surface area contributed by atoms with Gasteiger partial charge in [-0.2, -0.15) is 0 Å². The first-order valence-corrected chi connectivity index (χ1v) is 11.7. The average molecular weight is 497 g/mol. The lowest BCUT2D eigenvalue weighted by molar-refractivity contribution is -0.149. The molecule has 1 unspecified atom stereocenters. The van der Waals surface area contributed by atoms with Gasteiger partial charge in [0.15, 0.2) is 0 Å². The molecule has 1 atom stereocenters. The molecule has 1 aromatic heterocycles. The third-order valence-corrected chi connectivity index (χ3v) is 5.50. The highest BCUT2D eigenvalue weighted by atomic mass is 16.5. The minimum atomic E-state index is -1.05. The number of methoxy groups -OCH3 is 1. The van der Waals surface area contributed by atoms with Gasteiger partial charge in [0.2, 0.25) is 5.89 Å². The van der Waals surface area contributed by atoms with Crippen molar-refractivity contribution in [2.75, 3.05) is 13.7 Å². The van der Waals surface area contributed by atoms with Crippen LogP contribution >= 0.6 is 0 Å². The Labute approximate surface area is 210 Å². The van der Waals surface area contributed by atoms with E-state index in [0.717, 1.165) is 17.0 Å². The maximum absolute atomic E-state index is 12.4. The molecule has 3 N–H and O–H groups in total. The Kier molecular flexibility index (Phi) is 9.08. The van der Waals surface area contributed by atoms with Gasteiger partial charge in [0, 0.05) is 18.4 Å². The lowest BCUT2D eigenvalue weighted by Crippen LogP contribution is -2.27. The molecule has 0 saturated heterocycles. The summed E-state index contributed by atoms with van der Waals surface area (Å²) in [5.41, 5.74) is 8.93. The fourth-order valence-electron chi connectivity index (χ4n) is 3.64. The Morgan fingerprint density at radius 3 is 2.42 bits per heavy atom. The number of hydrogen-bond donors (Lipinski definition) is 2. The Morgan fingerprint density at radius 2 is 1.78 bits per heavy atom. The average Bonchev–Trinajstić information content (AvgIpc) is 3.22. The smallest absolute Gasteiger partial charge is 0.327 e. The molecule has 0 aliphatic heterocycles. The van der Waals surface area contributed by atoms with Crippen molar-refractivity contribution < 1.29 is 33.3 Å². The highest BCUT2D eigenvalue weighted by molar-refractivity contribution is 5.78. The second kappa shape index (κ2) is 12.2. The van der Waals surface area contributed by atoms with E-state index in [9.17, 15) is 9.59 Å². The molecule has 0 fully saturated rings. The molecule has 0 saturated carbocycles. The SMILES string of the molecule is COc1ccc(-c2nc(CCOc3ccc(CCC(=O)O)c(C(N)C(=O)OC(C)C)c3)c(C)o2)cc1. The number of carbonyl (C=O) groups excluding carboxylic acids is 1. The van der Waals surface area contributed by atoms with Crippen LogP contribution in [0, 0.1) is 6.92 Å². The second-order valence-corrected chi connectivity index (χ2v) is 8.57. The van der Waals surface area contributed by atoms with E-state index in [-0.39, 0.29) is 18.9 Å². The number of carboxylic acid groups (broad SMARTS) is 1. The van der Waals surface area contributed by atoms with Gasteiger partial charge in [-0.15, -0.1) is 0 Å². The molecular weight excluding hydrogens is 464 g/mol. The van der Waals surface area contributed by atoms with Crippen LogP contribution in [0.5, 0.6) is 11.5 Å². The van der Waals surface area contributed by atoms with Gasteiger partial charge in [-0.1, -0.05) is 6.07 Å². The molecule has 2 aromatic carbocycles. The number of esters is 1. The Bertz CT molecular complexity index is 1190. The summed E-state index contributed by atoms with van der Waals surface area (Å²) in [7, 11) is 1.61. The van der Waals surface area contributed by atoms with E-state index < -0.39 is 18.0 Å². The number of aromatic nitrogens is 1. The Balaban J connectivity index is 1.70. The maximum Gasteiger partial charge on any atom is 0.327 e. The summed E-state index contributed by atoms with van der Waals surface area (Å²) in [4.78, 5) is 28.1. The number of aliphatic carboxylic acids is 1. The van der Waals surface area contributed by atoms with E-state index in [4.69, 9.17) is 29.5 Å². The van der Waals surface area contributed by atoms with Gasteiger partial charge in [0.25, 0.3) is 0 Å². The zero-order chi connectivity index (χ0) is 26.2. The van der Waals surface area contributed by atoms with Crippen LogP contribution in [-0.4, -0.2) is 41.8 Å². The first-order valence-electron chi connectivity index (χ1n) is 11.7. The monoisotopic (exact) mass is 496 g/mol. The molecule has 192 valence electrons. The number of oxazole rings is 1. The summed E-state index contributed by atoms with van der Waals surface area (Å²) in [6.45, 7) is 5.64. The van der Waals surface area contributed by atoms with Crippen molar-refractivity contribution in [3.8, 4) is 23.0 Å². The van der Waals surface area contributed by atoms with Crippen molar-refractivity contribution in [1.29, 1.82) is 0 Å². The summed E-state index contributed by atoms with van der Waals surface area (Å²) < 4.78 is 22.2. The first kappa shape index (κ1) is 26.7. The number of nitrogens with two attached hydrogens (primary N) is 1. The Hall–Kier alpha value is -3.85. The van der Waals surface area contributed by atoms with Crippen LogP contribution in [0.1, 0.15) is 48.9 Å². The quantitative estimate of drug-likeness (QED) is 0.353. The van der Waals surface area contributed by atoms with Gasteiger partial charge in [0.1, 0.15) is 23.3 Å². The van der Waals surface area contributed by atoms with Crippen molar-refractivity contribution in [3.05, 3.63) is 65.0 Å². The number of carbonyl (C=O) groups is 2. The first-order chi connectivity index (χ1) is 17.2. The van der Waals surface area contributed by atoms with Crippen molar-refractivity contribution in [2.45, 2.75) is 52.2 Å². The van der Waals surface area contributed by atoms with Gasteiger partial charge in [0.05, 0.1) is 25.5 Å². The van der Waals surface area contributed by atoms with E-state index in [1.807, 2.05) is 31.2 Å². The Morgan fingerprint density at radius 1 is 1.08 bits per heavy atom. The molecule has 0 aliphatic rings. The number of hydrogen-bond acceptors (Lipinski definition) is 8. The van der Waals surface area contributed by atoms with Crippen LogP contribution in [0.25, 0.3) is 11.5 Å². The van der Waals surface area contributed by atoms with Crippen molar-refractivity contribution in [3.63, 3.8) is 0 Å². The van der Waals surface area contributed by atoms with Crippen molar-refractivity contribution in [2.24, 2.45) is 5.73 Å². The molecule has 0 spiro atoms. The number of benzene rings is 2. The molecule has 36 heavy (non-hydrogen) atoms. The van der Waals surface area contributed by atoms with Gasteiger partial charge in [-0.05, 0) is 74.7 Å². The number of carboxylic acids is 1. The molecule has 3 aromatic rings. The molecule has 9 heteroatoms. The van der Waals surface area contributed by atoms with Crippen LogP contribution in [0.15, 0.2) is 46.9 Å². The van der Waals surface area contributed by atoms with Crippen LogP contribution in [0.3, 0.4) is 0 Å². The number of nitrogens with zero attached hydrogens (tertiary/aromatic N) is 1. The minimum absolute atomic E-state index is 0.0822. The van der Waals surface area contributed by atoms with E-state index in [1.54, 1.807) is 39.2 Å². The molecule has 0 radical (unpaired) electrons. The zero-order valence-electron chi connectivity index (χ0n) is 20.9. The summed E-state index contributed by atoms with van der Waals surface area (Å²) in [5.74, 6) is 0.964. The lowest BCUT2D eigenvalue weighted by Gasteiger charge is -2.18. The predicted molar refractivity (Wildman–Crippen MR) is 133 cm³/mol. The summed E-state index contributed by atoms with van der Waals surface area (Å²) >= 11 is 0. The minimum Gasteiger partial charge on any atom is -0.497 e. The third-order valence-electron chi connectivity index (χ3n) is 5.50. The van der Waals surface area contributed by atoms with Gasteiger partial charge < -0.3 is 29.5 Å². The van der Waals surface area contributed by atoms with Gasteiger partial charge in [-0.3, -0.25) is 4.79 Å². The number of ether oxygens (including phenoxy) is 3. The fraction of sp³-hybridized carbons (Fsp3) is 0.370. The summed E-state index contributed by atoms with van der Waals surface area (Å²) in [6, 6.07) is 11.5. The predicted octanol–water partition coefficient (Wildman–Crippen LogP) is 4.25. The molecule has 0 aliphatic carbocycles. The largest absolute Gasteiger partial charge is 0.497 e. The lowest BCUT2D eigenvalue weighted by atomic mass is 9.97. The number of rotatable bonds is 12. The van der Waals surface area contributed by atoms with Crippen molar-refractivity contribution in [1.82, 2.24) is 4.98 Å². The summed E-state index contributed by atoms with van der Waals surface area (Å²) in [6.07, 6.45) is 0.336. The highest BCUT2D eigenvalue weighted by Gasteiger charge is 2.23. The van der Waals surface area contributed by atoms with E-state index in [0.29, 0.717) is 41.6 Å². The zero-order valence-corrected chi connectivity index (χ0v) is 20.9. The van der Waals surface area contributed by atoms with Crippen LogP contribution in [0.2, 0.25) is 0 Å². The number of aryl methyl sites for hydroxylation is 2. The van der Waals surface area contributed by atoms with E-state index >= 15 is 0 Å². The summed E-state index contributed by atoms with van der Waals surface area (Å²) in [5, 5.41) is 9.07. The maximum atomic E-state index is 12.4. The van der Waals surface area contributed by atoms with Crippen LogP contribution < -0.4 is 15.2 Å². The molecule has 0 amide bonds. The molecule has 1 heterocycles. The van der Waals surface area contributed by atoms with Gasteiger partial charge >= 0.3 is 11.9 Å².